The summed E-state index contributed by atoms with van der Waals surface area (Å²) in [5, 5.41) is 4.12. The molecule has 3 nitrogen and oxygen atoms in total. The van der Waals surface area contributed by atoms with Gasteiger partial charge in [-0.05, 0) is 35.4 Å². The van der Waals surface area contributed by atoms with Crippen molar-refractivity contribution in [3.05, 3.63) is 70.9 Å². The molecule has 0 saturated carbocycles. The van der Waals surface area contributed by atoms with Crippen molar-refractivity contribution in [3.63, 3.8) is 0 Å². The van der Waals surface area contributed by atoms with E-state index in [-0.39, 0.29) is 0 Å². The topological polar surface area (TPSA) is 34.1 Å². The zero-order chi connectivity index (χ0) is 18.6. The van der Waals surface area contributed by atoms with E-state index < -0.39 is 11.7 Å². The van der Waals surface area contributed by atoms with Crippen molar-refractivity contribution in [1.29, 1.82) is 0 Å². The standard InChI is InChI=1S/C19H17F3N2OS/c1-25-16-4-2-3-14(9-16)17-11-24-18(26-17)12-23-10-13-5-7-15(8-6-13)19(20,21)22/h2-9,11,23H,10,12H2,1H3. The van der Waals surface area contributed by atoms with E-state index in [4.69, 9.17) is 4.74 Å². The van der Waals surface area contributed by atoms with Crippen LogP contribution in [-0.2, 0) is 19.3 Å². The third-order valence-electron chi connectivity index (χ3n) is 3.79. The highest BCUT2D eigenvalue weighted by molar-refractivity contribution is 7.15. The molecule has 0 aliphatic carbocycles. The lowest BCUT2D eigenvalue weighted by Gasteiger charge is -2.08. The fraction of sp³-hybridized carbons (Fsp3) is 0.211. The van der Waals surface area contributed by atoms with Gasteiger partial charge in [-0.1, -0.05) is 24.3 Å². The van der Waals surface area contributed by atoms with Crippen LogP contribution in [0.5, 0.6) is 5.75 Å². The van der Waals surface area contributed by atoms with Gasteiger partial charge in [0.05, 0.1) is 17.6 Å². The van der Waals surface area contributed by atoms with Gasteiger partial charge >= 0.3 is 6.18 Å². The summed E-state index contributed by atoms with van der Waals surface area (Å²) >= 11 is 1.57. The minimum atomic E-state index is -4.30. The van der Waals surface area contributed by atoms with Gasteiger partial charge in [0.25, 0.3) is 0 Å². The average molecular weight is 378 g/mol. The Labute approximate surface area is 153 Å². The molecule has 0 atom stereocenters. The summed E-state index contributed by atoms with van der Waals surface area (Å²) in [7, 11) is 1.63. The first-order chi connectivity index (χ1) is 12.5. The van der Waals surface area contributed by atoms with Gasteiger partial charge in [-0.15, -0.1) is 11.3 Å². The molecule has 0 unspecified atom stereocenters. The Morgan fingerprint density at radius 3 is 2.54 bits per heavy atom. The minimum Gasteiger partial charge on any atom is -0.497 e. The van der Waals surface area contributed by atoms with E-state index in [1.165, 1.54) is 12.1 Å². The van der Waals surface area contributed by atoms with Crippen LogP contribution in [0, 0.1) is 0 Å². The van der Waals surface area contributed by atoms with E-state index in [0.29, 0.717) is 13.1 Å². The van der Waals surface area contributed by atoms with Crippen LogP contribution in [0.1, 0.15) is 16.1 Å². The second-order valence-electron chi connectivity index (χ2n) is 5.65. The Bertz CT molecular complexity index is 860. The number of hydrogen-bond acceptors (Lipinski definition) is 4. The fourth-order valence-electron chi connectivity index (χ4n) is 2.43. The number of rotatable bonds is 6. The molecular formula is C19H17F3N2OS. The molecule has 136 valence electrons. The van der Waals surface area contributed by atoms with Crippen LogP contribution in [-0.4, -0.2) is 12.1 Å². The zero-order valence-electron chi connectivity index (χ0n) is 14.0. The van der Waals surface area contributed by atoms with Crippen molar-refractivity contribution in [3.8, 4) is 16.2 Å². The quantitative estimate of drug-likeness (QED) is 0.646. The number of methoxy groups -OCH3 is 1. The number of halogens is 3. The molecular weight excluding hydrogens is 361 g/mol. The van der Waals surface area contributed by atoms with Gasteiger partial charge in [-0.25, -0.2) is 4.98 Å². The first-order valence-electron chi connectivity index (χ1n) is 7.91. The Hall–Kier alpha value is -2.38. The summed E-state index contributed by atoms with van der Waals surface area (Å²) < 4.78 is 42.9. The fourth-order valence-corrected chi connectivity index (χ4v) is 3.31. The maximum Gasteiger partial charge on any atom is 0.416 e. The van der Waals surface area contributed by atoms with E-state index in [2.05, 4.69) is 10.3 Å². The molecule has 0 fully saturated rings. The molecule has 7 heteroatoms. The monoisotopic (exact) mass is 378 g/mol. The van der Waals surface area contributed by atoms with Gasteiger partial charge in [0.1, 0.15) is 10.8 Å². The summed E-state index contributed by atoms with van der Waals surface area (Å²) in [6, 6.07) is 12.9. The molecule has 1 aromatic heterocycles. The Morgan fingerprint density at radius 1 is 1.08 bits per heavy atom. The second kappa shape index (κ2) is 7.88. The van der Waals surface area contributed by atoms with Gasteiger partial charge in [0.2, 0.25) is 0 Å². The van der Waals surface area contributed by atoms with E-state index in [9.17, 15) is 13.2 Å². The number of nitrogens with one attached hydrogen (secondary N) is 1. The number of alkyl halides is 3. The SMILES string of the molecule is COc1cccc(-c2cnc(CNCc3ccc(C(F)(F)F)cc3)s2)c1. The third kappa shape index (κ3) is 4.62. The lowest BCUT2D eigenvalue weighted by atomic mass is 10.1. The number of thiazole rings is 1. The van der Waals surface area contributed by atoms with Crippen LogP contribution in [0.15, 0.2) is 54.7 Å². The van der Waals surface area contributed by atoms with Crippen LogP contribution < -0.4 is 10.1 Å². The van der Waals surface area contributed by atoms with Crippen molar-refractivity contribution in [2.45, 2.75) is 19.3 Å². The van der Waals surface area contributed by atoms with Crippen LogP contribution in [0.25, 0.3) is 10.4 Å². The van der Waals surface area contributed by atoms with Gasteiger partial charge in [-0.2, -0.15) is 13.2 Å². The molecule has 26 heavy (non-hydrogen) atoms. The summed E-state index contributed by atoms with van der Waals surface area (Å²) in [5.74, 6) is 0.790. The van der Waals surface area contributed by atoms with Crippen molar-refractivity contribution < 1.29 is 17.9 Å². The van der Waals surface area contributed by atoms with Crippen molar-refractivity contribution in [2.24, 2.45) is 0 Å². The summed E-state index contributed by atoms with van der Waals surface area (Å²) in [6.07, 6.45) is -2.49. The van der Waals surface area contributed by atoms with Crippen molar-refractivity contribution in [1.82, 2.24) is 10.3 Å². The van der Waals surface area contributed by atoms with E-state index >= 15 is 0 Å². The first kappa shape index (κ1) is 18.4. The average Bonchev–Trinajstić information content (AvgIpc) is 3.10. The molecule has 0 spiro atoms. The zero-order valence-corrected chi connectivity index (χ0v) is 14.8. The van der Waals surface area contributed by atoms with E-state index in [1.54, 1.807) is 18.4 Å². The van der Waals surface area contributed by atoms with Crippen LogP contribution in [0.3, 0.4) is 0 Å². The highest BCUT2D eigenvalue weighted by Crippen LogP contribution is 2.30. The highest BCUT2D eigenvalue weighted by Gasteiger charge is 2.29. The maximum absolute atomic E-state index is 12.6. The van der Waals surface area contributed by atoms with Gasteiger partial charge in [0, 0.05) is 19.3 Å². The third-order valence-corrected chi connectivity index (χ3v) is 4.84. The number of hydrogen-bond donors (Lipinski definition) is 1. The van der Waals surface area contributed by atoms with Crippen LogP contribution >= 0.6 is 11.3 Å². The van der Waals surface area contributed by atoms with E-state index in [0.717, 1.165) is 38.9 Å². The van der Waals surface area contributed by atoms with Crippen LogP contribution in [0.2, 0.25) is 0 Å². The van der Waals surface area contributed by atoms with Crippen molar-refractivity contribution in [2.75, 3.05) is 7.11 Å². The lowest BCUT2D eigenvalue weighted by Crippen LogP contribution is -2.12. The summed E-state index contributed by atoms with van der Waals surface area (Å²) in [4.78, 5) is 5.43. The molecule has 0 aliphatic heterocycles. The Balaban J connectivity index is 1.56. The molecule has 0 bridgehead atoms. The van der Waals surface area contributed by atoms with Gasteiger partial charge in [0.15, 0.2) is 0 Å². The Kier molecular flexibility index (Phi) is 5.58. The highest BCUT2D eigenvalue weighted by atomic mass is 32.1. The normalized spacial score (nSPS) is 11.5. The van der Waals surface area contributed by atoms with Gasteiger partial charge < -0.3 is 10.1 Å². The van der Waals surface area contributed by atoms with E-state index in [1.807, 2.05) is 30.5 Å². The molecule has 3 rings (SSSR count). The number of aromatic nitrogens is 1. The molecule has 1 heterocycles. The predicted molar refractivity (Wildman–Crippen MR) is 96.1 cm³/mol. The number of ether oxygens (including phenoxy) is 1. The molecule has 1 N–H and O–H groups in total. The van der Waals surface area contributed by atoms with Gasteiger partial charge in [-0.3, -0.25) is 0 Å². The van der Waals surface area contributed by atoms with Crippen LogP contribution in [0.4, 0.5) is 13.2 Å². The summed E-state index contributed by atoms with van der Waals surface area (Å²) in [5.41, 5.74) is 1.20. The van der Waals surface area contributed by atoms with Crippen molar-refractivity contribution >= 4 is 11.3 Å². The molecule has 3 aromatic rings. The maximum atomic E-state index is 12.6. The minimum absolute atomic E-state index is 0.478. The number of nitrogens with zero attached hydrogens (tertiary/aromatic N) is 1. The first-order valence-corrected chi connectivity index (χ1v) is 8.73. The molecule has 2 aromatic carbocycles. The summed E-state index contributed by atoms with van der Waals surface area (Å²) in [6.45, 7) is 1.03. The number of benzene rings is 2. The largest absolute Gasteiger partial charge is 0.497 e. The molecule has 0 radical (unpaired) electrons. The Morgan fingerprint density at radius 2 is 1.85 bits per heavy atom. The molecule has 0 saturated heterocycles. The molecule has 0 aliphatic rings. The predicted octanol–water partition coefficient (Wildman–Crippen LogP) is 5.13. The molecule has 0 amide bonds. The second-order valence-corrected chi connectivity index (χ2v) is 6.76. The smallest absolute Gasteiger partial charge is 0.416 e. The lowest BCUT2D eigenvalue weighted by molar-refractivity contribution is -0.137.